The Kier molecular flexibility index (Phi) is 13.5. The zero-order valence-electron chi connectivity index (χ0n) is 38.3. The van der Waals surface area contributed by atoms with Gasteiger partial charge in [-0.3, -0.25) is 0 Å². The van der Waals surface area contributed by atoms with Crippen molar-refractivity contribution in [3.8, 4) is 54.1 Å². The van der Waals surface area contributed by atoms with Crippen LogP contribution in [0.3, 0.4) is 0 Å². The highest BCUT2D eigenvalue weighted by Crippen LogP contribution is 2.42. The van der Waals surface area contributed by atoms with Crippen LogP contribution in [0.5, 0.6) is 0 Å². The first-order valence-corrected chi connectivity index (χ1v) is 27.1. The Hall–Kier alpha value is -5.56. The maximum Gasteiger partial charge on any atom is 0.124 e. The van der Waals surface area contributed by atoms with Crippen molar-refractivity contribution < 1.29 is 0 Å². The summed E-state index contributed by atoms with van der Waals surface area (Å²) < 4.78 is 4.30. The second-order valence-corrected chi connectivity index (χ2v) is 21.5. The SMILES string of the molecule is CCCCc1ccc(-c2nc3c(C#Cc4c5nc(-c6ccc(CCCC)cc6)sc5cc5nc(-c6ccc(CCCC)cc6)sc45)c4sc(-c5ccc(CCCC)cc5)nc4cc3s2)cc1. The average Bonchev–Trinajstić information content (AvgIpc) is 4.18. The van der Waals surface area contributed by atoms with Crippen LogP contribution in [0.4, 0.5) is 0 Å². The van der Waals surface area contributed by atoms with Gasteiger partial charge in [-0.1, -0.05) is 162 Å². The summed E-state index contributed by atoms with van der Waals surface area (Å²) in [6.45, 7) is 8.99. The number of fused-ring (bicyclic) bond motifs is 4. The Labute approximate surface area is 404 Å². The van der Waals surface area contributed by atoms with Crippen molar-refractivity contribution in [2.75, 3.05) is 0 Å². The summed E-state index contributed by atoms with van der Waals surface area (Å²) in [5.74, 6) is 7.57. The number of benzene rings is 6. The molecule has 0 aliphatic carbocycles. The monoisotopic (exact) mass is 934 g/mol. The lowest BCUT2D eigenvalue weighted by molar-refractivity contribution is 0.795. The van der Waals surface area contributed by atoms with Crippen molar-refractivity contribution in [2.45, 2.75) is 105 Å². The van der Waals surface area contributed by atoms with Crippen molar-refractivity contribution in [2.24, 2.45) is 0 Å². The molecular weight excluding hydrogens is 881 g/mol. The lowest BCUT2D eigenvalue weighted by Gasteiger charge is -2.01. The molecule has 6 aromatic carbocycles. The van der Waals surface area contributed by atoms with E-state index in [0.717, 1.165) is 120 Å². The van der Waals surface area contributed by atoms with Crippen LogP contribution in [-0.2, 0) is 25.7 Å². The lowest BCUT2D eigenvalue weighted by Crippen LogP contribution is -1.86. The van der Waals surface area contributed by atoms with Crippen LogP contribution in [0.15, 0.2) is 109 Å². The topological polar surface area (TPSA) is 51.6 Å². The molecule has 0 aliphatic heterocycles. The number of aromatic nitrogens is 4. The van der Waals surface area contributed by atoms with Crippen molar-refractivity contribution in [3.05, 3.63) is 143 Å². The van der Waals surface area contributed by atoms with Gasteiger partial charge < -0.3 is 0 Å². The Morgan fingerprint density at radius 2 is 0.652 bits per heavy atom. The molecule has 0 bridgehead atoms. The van der Waals surface area contributed by atoms with Gasteiger partial charge in [0.2, 0.25) is 0 Å². The predicted octanol–water partition coefficient (Wildman–Crippen LogP) is 17.6. The summed E-state index contributed by atoms with van der Waals surface area (Å²) in [6, 6.07) is 40.4. The third-order valence-corrected chi connectivity index (χ3v) is 16.8. The van der Waals surface area contributed by atoms with E-state index in [4.69, 9.17) is 19.9 Å². The summed E-state index contributed by atoms with van der Waals surface area (Å²) in [4.78, 5) is 21.4. The molecule has 10 aromatic rings. The van der Waals surface area contributed by atoms with Crippen molar-refractivity contribution >= 4 is 86.2 Å². The lowest BCUT2D eigenvalue weighted by atomic mass is 10.1. The highest BCUT2D eigenvalue weighted by molar-refractivity contribution is 7.24. The van der Waals surface area contributed by atoms with Gasteiger partial charge in [0, 0.05) is 22.3 Å². The van der Waals surface area contributed by atoms with E-state index >= 15 is 0 Å². The molecule has 66 heavy (non-hydrogen) atoms. The molecule has 4 aromatic heterocycles. The maximum atomic E-state index is 5.39. The number of hydrogen-bond acceptors (Lipinski definition) is 8. The van der Waals surface area contributed by atoms with Gasteiger partial charge in [-0.05, 0) is 85.8 Å². The van der Waals surface area contributed by atoms with Crippen LogP contribution < -0.4 is 0 Å². The van der Waals surface area contributed by atoms with Gasteiger partial charge in [0.15, 0.2) is 0 Å². The standard InChI is InChI=1S/C58H54N4S4/c1-5-9-13-37-17-25-41(26-18-37)55-59-47-35-49-51(61-57(63-49)43-29-21-39(22-30-43)15-11-7-3)45(53(47)65-55)33-34-46-52-50(64-58(62-52)44-31-23-40(24-32-44)16-12-8-4)36-48-54(46)66-56(60-48)42-27-19-38(20-28-42)14-10-6-2/h17-32,35-36H,5-16H2,1-4H3. The molecule has 0 atom stereocenters. The largest absolute Gasteiger partial charge is 0.236 e. The molecule has 8 heteroatoms. The van der Waals surface area contributed by atoms with E-state index in [-0.39, 0.29) is 0 Å². The second-order valence-electron chi connectivity index (χ2n) is 17.4. The summed E-state index contributed by atoms with van der Waals surface area (Å²) in [7, 11) is 0. The third kappa shape index (κ3) is 9.37. The smallest absolute Gasteiger partial charge is 0.124 e. The van der Waals surface area contributed by atoms with Gasteiger partial charge in [-0.2, -0.15) is 0 Å². The van der Waals surface area contributed by atoms with Crippen LogP contribution in [0.2, 0.25) is 0 Å². The fourth-order valence-electron chi connectivity index (χ4n) is 8.53. The van der Waals surface area contributed by atoms with Crippen molar-refractivity contribution in [1.82, 2.24) is 19.9 Å². The molecule has 10 rings (SSSR count). The van der Waals surface area contributed by atoms with Crippen LogP contribution >= 0.6 is 45.3 Å². The van der Waals surface area contributed by atoms with Crippen molar-refractivity contribution in [3.63, 3.8) is 0 Å². The van der Waals surface area contributed by atoms with E-state index in [0.29, 0.717) is 0 Å². The van der Waals surface area contributed by atoms with E-state index in [1.54, 1.807) is 45.3 Å². The van der Waals surface area contributed by atoms with E-state index in [9.17, 15) is 0 Å². The highest BCUT2D eigenvalue weighted by atomic mass is 32.1. The minimum absolute atomic E-state index is 0.920. The first kappa shape index (κ1) is 44.3. The highest BCUT2D eigenvalue weighted by Gasteiger charge is 2.20. The Bertz CT molecular complexity index is 2910. The molecule has 0 aliphatic rings. The van der Waals surface area contributed by atoms with Gasteiger partial charge in [-0.25, -0.2) is 19.9 Å². The summed E-state index contributed by atoms with van der Waals surface area (Å²) >= 11 is 6.88. The van der Waals surface area contributed by atoms with E-state index in [1.807, 2.05) is 0 Å². The fourth-order valence-corrected chi connectivity index (χ4v) is 12.7. The fraction of sp³-hybridized carbons (Fsp3) is 0.276. The molecule has 0 amide bonds. The normalized spacial score (nSPS) is 11.6. The second kappa shape index (κ2) is 20.1. The maximum absolute atomic E-state index is 5.39. The molecule has 4 heterocycles. The first-order valence-electron chi connectivity index (χ1n) is 23.9. The van der Waals surface area contributed by atoms with Gasteiger partial charge in [0.05, 0.1) is 52.0 Å². The molecule has 4 nitrogen and oxygen atoms in total. The Morgan fingerprint density at radius 1 is 0.364 bits per heavy atom. The quantitative estimate of drug-likeness (QED) is 0.0906. The minimum Gasteiger partial charge on any atom is -0.236 e. The van der Waals surface area contributed by atoms with Gasteiger partial charge in [0.1, 0.15) is 20.0 Å². The minimum atomic E-state index is 0.920. The van der Waals surface area contributed by atoms with Gasteiger partial charge in [0.25, 0.3) is 0 Å². The summed E-state index contributed by atoms with van der Waals surface area (Å²) in [5, 5.41) is 3.99. The average molecular weight is 935 g/mol. The van der Waals surface area contributed by atoms with Crippen LogP contribution in [0.1, 0.15) is 112 Å². The first-order chi connectivity index (χ1) is 32.5. The van der Waals surface area contributed by atoms with E-state index < -0.39 is 0 Å². The summed E-state index contributed by atoms with van der Waals surface area (Å²) in [6.07, 6.45) is 13.9. The summed E-state index contributed by atoms with van der Waals surface area (Å²) in [5.41, 5.74) is 15.6. The molecule has 0 unspecified atom stereocenters. The van der Waals surface area contributed by atoms with E-state index in [2.05, 4.69) is 149 Å². The molecule has 0 spiro atoms. The van der Waals surface area contributed by atoms with Gasteiger partial charge in [-0.15, -0.1) is 45.3 Å². The number of rotatable bonds is 16. The van der Waals surface area contributed by atoms with Crippen molar-refractivity contribution in [1.29, 1.82) is 0 Å². The predicted molar refractivity (Wildman–Crippen MR) is 288 cm³/mol. The third-order valence-electron chi connectivity index (χ3n) is 12.5. The number of aryl methyl sites for hydroxylation is 4. The number of hydrogen-bond donors (Lipinski definition) is 0. The molecule has 0 saturated heterocycles. The molecule has 0 radical (unpaired) electrons. The number of thiazole rings is 4. The van der Waals surface area contributed by atoms with Crippen LogP contribution in [-0.4, -0.2) is 19.9 Å². The molecule has 0 saturated carbocycles. The molecular formula is C58H54N4S4. The zero-order chi connectivity index (χ0) is 45.0. The molecule has 330 valence electrons. The number of unbranched alkanes of at least 4 members (excludes halogenated alkanes) is 4. The molecule has 0 fully saturated rings. The van der Waals surface area contributed by atoms with Crippen LogP contribution in [0.25, 0.3) is 83.2 Å². The number of nitrogens with zero attached hydrogens (tertiary/aromatic N) is 4. The Morgan fingerprint density at radius 3 is 0.939 bits per heavy atom. The molecule has 0 N–H and O–H groups in total. The Balaban J connectivity index is 1.13. The van der Waals surface area contributed by atoms with E-state index in [1.165, 1.54) is 73.6 Å². The van der Waals surface area contributed by atoms with Crippen LogP contribution in [0, 0.1) is 11.8 Å². The van der Waals surface area contributed by atoms with Gasteiger partial charge >= 0.3 is 0 Å². The zero-order valence-corrected chi connectivity index (χ0v) is 41.6.